The Labute approximate surface area is 124 Å². The number of ether oxygens (including phenoxy) is 1. The van der Waals surface area contributed by atoms with E-state index in [9.17, 15) is 0 Å². The van der Waals surface area contributed by atoms with Crippen LogP contribution >= 0.6 is 15.9 Å². The van der Waals surface area contributed by atoms with E-state index in [1.54, 1.807) is 0 Å². The highest BCUT2D eigenvalue weighted by Crippen LogP contribution is 2.58. The first kappa shape index (κ1) is 13.5. The van der Waals surface area contributed by atoms with Gasteiger partial charge in [0.05, 0.1) is 0 Å². The third kappa shape index (κ3) is 2.03. The fourth-order valence-electron chi connectivity index (χ4n) is 3.78. The molecule has 0 amide bonds. The molecule has 2 saturated carbocycles. The van der Waals surface area contributed by atoms with Crippen LogP contribution in [-0.4, -0.2) is 10.9 Å². The van der Waals surface area contributed by atoms with Crippen LogP contribution in [0.15, 0.2) is 12.1 Å². The molecule has 0 radical (unpaired) electrons. The Hall–Kier alpha value is -0.500. The number of halogens is 1. The lowest BCUT2D eigenvalue weighted by atomic mass is 9.64. The molecule has 2 aliphatic carbocycles. The molecule has 0 aromatic heterocycles. The summed E-state index contributed by atoms with van der Waals surface area (Å²) in [5.74, 6) is 1.13. The molecule has 3 rings (SSSR count). The van der Waals surface area contributed by atoms with Gasteiger partial charge in [0.25, 0.3) is 0 Å². The summed E-state index contributed by atoms with van der Waals surface area (Å²) in [4.78, 5) is 0.665. The third-order valence-corrected chi connectivity index (χ3v) is 6.64. The Balaban J connectivity index is 1.85. The van der Waals surface area contributed by atoms with Gasteiger partial charge in [0, 0.05) is 10.2 Å². The van der Waals surface area contributed by atoms with Crippen LogP contribution in [0.2, 0.25) is 0 Å². The topological polar surface area (TPSA) is 9.23 Å². The second-order valence-electron chi connectivity index (χ2n) is 6.40. The SMILES string of the molecule is Cc1ccc(C)c(OC2CC(Br)C23CCCC3)c1C. The molecule has 1 spiro atoms. The van der Waals surface area contributed by atoms with Gasteiger partial charge in [0.2, 0.25) is 0 Å². The van der Waals surface area contributed by atoms with Crippen molar-refractivity contribution in [3.63, 3.8) is 0 Å². The molecule has 0 N–H and O–H groups in total. The predicted octanol–water partition coefficient (Wildman–Crippen LogP) is 5.09. The quantitative estimate of drug-likeness (QED) is 0.689. The predicted molar refractivity (Wildman–Crippen MR) is 83.3 cm³/mol. The minimum atomic E-state index is 0.415. The highest BCUT2D eigenvalue weighted by Gasteiger charge is 2.56. The summed E-state index contributed by atoms with van der Waals surface area (Å²) in [7, 11) is 0. The molecule has 2 atom stereocenters. The van der Waals surface area contributed by atoms with Crippen molar-refractivity contribution in [1.82, 2.24) is 0 Å². The summed E-state index contributed by atoms with van der Waals surface area (Å²) in [5.41, 5.74) is 4.33. The Morgan fingerprint density at radius 3 is 2.37 bits per heavy atom. The molecule has 19 heavy (non-hydrogen) atoms. The molecule has 2 unspecified atom stereocenters. The number of aryl methyl sites for hydroxylation is 2. The van der Waals surface area contributed by atoms with E-state index in [1.165, 1.54) is 42.4 Å². The zero-order valence-electron chi connectivity index (χ0n) is 12.1. The number of hydrogen-bond acceptors (Lipinski definition) is 1. The van der Waals surface area contributed by atoms with E-state index >= 15 is 0 Å². The average molecular weight is 323 g/mol. The zero-order valence-corrected chi connectivity index (χ0v) is 13.7. The van der Waals surface area contributed by atoms with Crippen molar-refractivity contribution in [2.24, 2.45) is 5.41 Å². The molecule has 104 valence electrons. The normalized spacial score (nSPS) is 28.4. The zero-order chi connectivity index (χ0) is 13.6. The molecule has 1 nitrogen and oxygen atoms in total. The van der Waals surface area contributed by atoms with Gasteiger partial charge in [-0.15, -0.1) is 0 Å². The maximum atomic E-state index is 6.47. The van der Waals surface area contributed by atoms with E-state index in [1.807, 2.05) is 0 Å². The van der Waals surface area contributed by atoms with Gasteiger partial charge in [-0.1, -0.05) is 40.9 Å². The summed E-state index contributed by atoms with van der Waals surface area (Å²) in [6, 6.07) is 4.38. The first-order valence-corrected chi connectivity index (χ1v) is 8.34. The van der Waals surface area contributed by atoms with E-state index in [-0.39, 0.29) is 0 Å². The lowest BCUT2D eigenvalue weighted by Gasteiger charge is -2.51. The highest BCUT2D eigenvalue weighted by molar-refractivity contribution is 9.09. The smallest absolute Gasteiger partial charge is 0.125 e. The van der Waals surface area contributed by atoms with Gasteiger partial charge < -0.3 is 4.74 Å². The fraction of sp³-hybridized carbons (Fsp3) is 0.647. The molecule has 2 fully saturated rings. The van der Waals surface area contributed by atoms with Crippen molar-refractivity contribution >= 4 is 15.9 Å². The first-order chi connectivity index (χ1) is 9.04. The lowest BCUT2D eigenvalue weighted by Crippen LogP contribution is -2.55. The molecule has 0 aliphatic heterocycles. The summed E-state index contributed by atoms with van der Waals surface area (Å²) in [6.45, 7) is 6.51. The van der Waals surface area contributed by atoms with Gasteiger partial charge in [0.1, 0.15) is 11.9 Å². The van der Waals surface area contributed by atoms with Gasteiger partial charge in [-0.05, 0) is 56.7 Å². The van der Waals surface area contributed by atoms with E-state index in [4.69, 9.17) is 4.74 Å². The molecule has 1 aromatic rings. The maximum absolute atomic E-state index is 6.47. The maximum Gasteiger partial charge on any atom is 0.125 e. The molecule has 2 heteroatoms. The number of hydrogen-bond donors (Lipinski definition) is 0. The van der Waals surface area contributed by atoms with Crippen molar-refractivity contribution in [2.45, 2.75) is 63.8 Å². The van der Waals surface area contributed by atoms with Crippen LogP contribution in [0.25, 0.3) is 0 Å². The van der Waals surface area contributed by atoms with Gasteiger partial charge in [-0.3, -0.25) is 0 Å². The van der Waals surface area contributed by atoms with Crippen LogP contribution in [0.5, 0.6) is 5.75 Å². The Bertz CT molecular complexity index is 488. The van der Waals surface area contributed by atoms with Gasteiger partial charge in [-0.2, -0.15) is 0 Å². The summed E-state index contributed by atoms with van der Waals surface area (Å²) in [5, 5.41) is 0. The number of benzene rings is 1. The monoisotopic (exact) mass is 322 g/mol. The van der Waals surface area contributed by atoms with Crippen LogP contribution < -0.4 is 4.74 Å². The van der Waals surface area contributed by atoms with Crippen molar-refractivity contribution in [1.29, 1.82) is 0 Å². The molecule has 0 heterocycles. The summed E-state index contributed by atoms with van der Waals surface area (Å²) in [6.07, 6.45) is 6.97. The standard InChI is InChI=1S/C17H23BrO/c1-11-6-7-12(2)16(13(11)3)19-15-10-14(18)17(15)8-4-5-9-17/h6-7,14-15H,4-5,8-10H2,1-3H3. The van der Waals surface area contributed by atoms with Gasteiger partial charge >= 0.3 is 0 Å². The van der Waals surface area contributed by atoms with E-state index < -0.39 is 0 Å². The van der Waals surface area contributed by atoms with Crippen molar-refractivity contribution in [3.8, 4) is 5.75 Å². The van der Waals surface area contributed by atoms with Crippen molar-refractivity contribution in [3.05, 3.63) is 28.8 Å². The highest BCUT2D eigenvalue weighted by atomic mass is 79.9. The second-order valence-corrected chi connectivity index (χ2v) is 7.51. The lowest BCUT2D eigenvalue weighted by molar-refractivity contribution is -0.0311. The average Bonchev–Trinajstić information content (AvgIpc) is 2.90. The van der Waals surface area contributed by atoms with E-state index in [0.29, 0.717) is 16.3 Å². The van der Waals surface area contributed by atoms with Gasteiger partial charge in [0.15, 0.2) is 0 Å². The number of alkyl halides is 1. The van der Waals surface area contributed by atoms with Crippen molar-refractivity contribution in [2.75, 3.05) is 0 Å². The molecule has 2 aliphatic rings. The van der Waals surface area contributed by atoms with Crippen LogP contribution in [0.4, 0.5) is 0 Å². The first-order valence-electron chi connectivity index (χ1n) is 7.42. The van der Waals surface area contributed by atoms with Crippen LogP contribution in [0, 0.1) is 26.2 Å². The molecule has 0 bridgehead atoms. The molecule has 0 saturated heterocycles. The minimum Gasteiger partial charge on any atom is -0.489 e. The number of rotatable bonds is 2. The Morgan fingerprint density at radius 1 is 1.11 bits per heavy atom. The van der Waals surface area contributed by atoms with Crippen LogP contribution in [0.1, 0.15) is 48.8 Å². The molecular formula is C17H23BrO. The van der Waals surface area contributed by atoms with Gasteiger partial charge in [-0.25, -0.2) is 0 Å². The third-order valence-electron chi connectivity index (χ3n) is 5.35. The van der Waals surface area contributed by atoms with Crippen molar-refractivity contribution < 1.29 is 4.74 Å². The van der Waals surface area contributed by atoms with Crippen LogP contribution in [-0.2, 0) is 0 Å². The second kappa shape index (κ2) is 4.80. The molecular weight excluding hydrogens is 300 g/mol. The fourth-order valence-corrected chi connectivity index (χ4v) is 4.87. The Kier molecular flexibility index (Phi) is 3.41. The largest absolute Gasteiger partial charge is 0.489 e. The minimum absolute atomic E-state index is 0.415. The molecule has 1 aromatic carbocycles. The Morgan fingerprint density at radius 2 is 1.74 bits per heavy atom. The summed E-state index contributed by atoms with van der Waals surface area (Å²) < 4.78 is 6.47. The van der Waals surface area contributed by atoms with E-state index in [2.05, 4.69) is 48.8 Å². The van der Waals surface area contributed by atoms with Crippen LogP contribution in [0.3, 0.4) is 0 Å². The summed E-state index contributed by atoms with van der Waals surface area (Å²) >= 11 is 3.87. The van der Waals surface area contributed by atoms with E-state index in [0.717, 1.165) is 12.2 Å².